The van der Waals surface area contributed by atoms with Gasteiger partial charge in [-0.15, -0.1) is 0 Å². The van der Waals surface area contributed by atoms with Gasteiger partial charge in [0.05, 0.1) is 6.10 Å². The zero-order valence-corrected chi connectivity index (χ0v) is 14.9. The number of Topliss-reactive ketones (excluding diaryl/α,β-unsaturated/α-hetero) is 1. The van der Waals surface area contributed by atoms with Gasteiger partial charge in [-0.25, -0.2) is 0 Å². The summed E-state index contributed by atoms with van der Waals surface area (Å²) in [4.78, 5) is 12.3. The van der Waals surface area contributed by atoms with Gasteiger partial charge >= 0.3 is 0 Å². The molecule has 0 rings (SSSR count). The Balaban J connectivity index is 3.84. The second-order valence-corrected chi connectivity index (χ2v) is 6.11. The van der Waals surface area contributed by atoms with Crippen LogP contribution in [0, 0.1) is 0 Å². The van der Waals surface area contributed by atoms with Crippen LogP contribution in [0.15, 0.2) is 0 Å². The van der Waals surface area contributed by atoms with E-state index in [1.165, 1.54) is 0 Å². The largest absolute Gasteiger partial charge is 0.379 e. The van der Waals surface area contributed by atoms with E-state index in [-0.39, 0.29) is 5.78 Å². The quantitative estimate of drug-likeness (QED) is 0.427. The van der Waals surface area contributed by atoms with Crippen molar-refractivity contribution in [2.24, 2.45) is 0 Å². The molecule has 0 aliphatic rings. The van der Waals surface area contributed by atoms with Crippen molar-refractivity contribution in [2.45, 2.75) is 97.7 Å². The fourth-order valence-electron chi connectivity index (χ4n) is 2.05. The summed E-state index contributed by atoms with van der Waals surface area (Å²) in [6, 6.07) is 0. The standard InChI is InChI=1S/C18H36O3/c1-6-9-15-21-18(5,8-3)17(19)13-11-10-12-14-20-16(4)7-2/h16H,6-15H2,1-5H3. The van der Waals surface area contributed by atoms with Crippen LogP contribution in [-0.4, -0.2) is 30.7 Å². The Morgan fingerprint density at radius 2 is 1.76 bits per heavy atom. The lowest BCUT2D eigenvalue weighted by Gasteiger charge is -2.27. The molecule has 0 aromatic carbocycles. The average molecular weight is 300 g/mol. The topological polar surface area (TPSA) is 35.5 Å². The van der Waals surface area contributed by atoms with E-state index in [1.54, 1.807) is 0 Å². The summed E-state index contributed by atoms with van der Waals surface area (Å²) >= 11 is 0. The number of unbranched alkanes of at least 4 members (excludes halogenated alkanes) is 3. The van der Waals surface area contributed by atoms with Crippen LogP contribution in [0.4, 0.5) is 0 Å². The van der Waals surface area contributed by atoms with Crippen molar-refractivity contribution in [1.82, 2.24) is 0 Å². The highest BCUT2D eigenvalue weighted by molar-refractivity contribution is 5.86. The van der Waals surface area contributed by atoms with Crippen LogP contribution in [0.5, 0.6) is 0 Å². The number of carbonyl (C=O) groups excluding carboxylic acids is 1. The van der Waals surface area contributed by atoms with Gasteiger partial charge in [-0.05, 0) is 46.0 Å². The monoisotopic (exact) mass is 300 g/mol. The predicted octanol–water partition coefficient (Wildman–Crippen LogP) is 4.92. The van der Waals surface area contributed by atoms with E-state index in [4.69, 9.17) is 9.47 Å². The zero-order valence-electron chi connectivity index (χ0n) is 14.9. The molecular formula is C18H36O3. The van der Waals surface area contributed by atoms with E-state index < -0.39 is 5.60 Å². The highest BCUT2D eigenvalue weighted by Gasteiger charge is 2.30. The molecule has 0 amide bonds. The van der Waals surface area contributed by atoms with Gasteiger partial charge in [0.15, 0.2) is 5.78 Å². The van der Waals surface area contributed by atoms with E-state index in [9.17, 15) is 4.79 Å². The van der Waals surface area contributed by atoms with Crippen LogP contribution in [0.1, 0.15) is 86.0 Å². The van der Waals surface area contributed by atoms with E-state index in [0.717, 1.165) is 51.6 Å². The molecule has 0 bridgehead atoms. The van der Waals surface area contributed by atoms with Crippen molar-refractivity contribution >= 4 is 5.78 Å². The van der Waals surface area contributed by atoms with Gasteiger partial charge in [0.2, 0.25) is 0 Å². The molecule has 0 spiro atoms. The maximum absolute atomic E-state index is 12.3. The molecule has 126 valence electrons. The summed E-state index contributed by atoms with van der Waals surface area (Å²) in [5, 5.41) is 0. The lowest BCUT2D eigenvalue weighted by Crippen LogP contribution is -2.38. The second kappa shape index (κ2) is 12.2. The number of hydrogen-bond donors (Lipinski definition) is 0. The SMILES string of the molecule is CCCCOC(C)(CC)C(=O)CCCCCOC(C)CC. The van der Waals surface area contributed by atoms with Gasteiger partial charge in [-0.3, -0.25) is 4.79 Å². The molecule has 0 N–H and O–H groups in total. The fraction of sp³-hybridized carbons (Fsp3) is 0.944. The van der Waals surface area contributed by atoms with Crippen LogP contribution >= 0.6 is 0 Å². The maximum atomic E-state index is 12.3. The summed E-state index contributed by atoms with van der Waals surface area (Å²) in [5.41, 5.74) is -0.581. The molecule has 0 heterocycles. The van der Waals surface area contributed by atoms with Crippen LogP contribution in [0.25, 0.3) is 0 Å². The number of rotatable bonds is 14. The molecule has 2 atom stereocenters. The summed E-state index contributed by atoms with van der Waals surface area (Å²) in [6.07, 6.45) is 7.94. The first-order valence-electron chi connectivity index (χ1n) is 8.79. The van der Waals surface area contributed by atoms with Gasteiger partial charge in [0.1, 0.15) is 5.60 Å². The predicted molar refractivity (Wildman–Crippen MR) is 88.7 cm³/mol. The number of hydrogen-bond acceptors (Lipinski definition) is 3. The fourth-order valence-corrected chi connectivity index (χ4v) is 2.05. The minimum atomic E-state index is -0.581. The third-order valence-electron chi connectivity index (χ3n) is 4.21. The normalized spacial score (nSPS) is 15.7. The van der Waals surface area contributed by atoms with E-state index in [0.29, 0.717) is 19.1 Å². The van der Waals surface area contributed by atoms with Gasteiger partial charge < -0.3 is 9.47 Å². The van der Waals surface area contributed by atoms with Gasteiger partial charge in [0.25, 0.3) is 0 Å². The number of ether oxygens (including phenoxy) is 2. The van der Waals surface area contributed by atoms with E-state index >= 15 is 0 Å². The van der Waals surface area contributed by atoms with E-state index in [2.05, 4.69) is 20.8 Å². The lowest BCUT2D eigenvalue weighted by molar-refractivity contribution is -0.143. The molecule has 0 aliphatic heterocycles. The molecule has 0 radical (unpaired) electrons. The molecule has 0 aliphatic carbocycles. The summed E-state index contributed by atoms with van der Waals surface area (Å²) < 4.78 is 11.5. The Bertz CT molecular complexity index is 265. The first-order valence-corrected chi connectivity index (χ1v) is 8.79. The van der Waals surface area contributed by atoms with Crippen molar-refractivity contribution in [2.75, 3.05) is 13.2 Å². The van der Waals surface area contributed by atoms with Gasteiger partial charge in [0, 0.05) is 19.6 Å². The molecule has 0 saturated carbocycles. The van der Waals surface area contributed by atoms with Crippen LogP contribution in [0.2, 0.25) is 0 Å². The van der Waals surface area contributed by atoms with Crippen molar-refractivity contribution < 1.29 is 14.3 Å². The van der Waals surface area contributed by atoms with Crippen molar-refractivity contribution in [3.8, 4) is 0 Å². The maximum Gasteiger partial charge on any atom is 0.164 e. The Kier molecular flexibility index (Phi) is 11.9. The molecule has 3 nitrogen and oxygen atoms in total. The third kappa shape index (κ3) is 9.26. The van der Waals surface area contributed by atoms with Crippen molar-refractivity contribution in [3.63, 3.8) is 0 Å². The van der Waals surface area contributed by atoms with Crippen LogP contribution < -0.4 is 0 Å². The zero-order chi connectivity index (χ0) is 16.1. The first kappa shape index (κ1) is 20.6. The minimum absolute atomic E-state index is 0.254. The number of ketones is 1. The average Bonchev–Trinajstić information content (AvgIpc) is 2.50. The molecule has 0 saturated heterocycles. The number of carbonyl (C=O) groups is 1. The summed E-state index contributed by atoms with van der Waals surface area (Å²) in [5.74, 6) is 0.254. The molecule has 0 aromatic rings. The first-order chi connectivity index (χ1) is 10.00. The van der Waals surface area contributed by atoms with Gasteiger partial charge in [-0.2, -0.15) is 0 Å². The Hall–Kier alpha value is -0.410. The van der Waals surface area contributed by atoms with E-state index in [1.807, 2.05) is 13.8 Å². The van der Waals surface area contributed by atoms with Crippen LogP contribution in [-0.2, 0) is 14.3 Å². The molecule has 3 heteroatoms. The molecule has 0 aromatic heterocycles. The Morgan fingerprint density at radius 1 is 1.05 bits per heavy atom. The Morgan fingerprint density at radius 3 is 2.33 bits per heavy atom. The molecule has 0 fully saturated rings. The smallest absolute Gasteiger partial charge is 0.164 e. The summed E-state index contributed by atoms with van der Waals surface area (Å²) in [7, 11) is 0. The van der Waals surface area contributed by atoms with Crippen LogP contribution in [0.3, 0.4) is 0 Å². The lowest BCUT2D eigenvalue weighted by atomic mass is 9.93. The molecule has 2 unspecified atom stereocenters. The van der Waals surface area contributed by atoms with Gasteiger partial charge in [-0.1, -0.05) is 33.6 Å². The Labute approximate surface area is 131 Å². The molecular weight excluding hydrogens is 264 g/mol. The second-order valence-electron chi connectivity index (χ2n) is 6.11. The highest BCUT2D eigenvalue weighted by atomic mass is 16.5. The molecule has 21 heavy (non-hydrogen) atoms. The third-order valence-corrected chi connectivity index (χ3v) is 4.21. The van der Waals surface area contributed by atoms with Crippen molar-refractivity contribution in [3.05, 3.63) is 0 Å². The van der Waals surface area contributed by atoms with Crippen molar-refractivity contribution in [1.29, 1.82) is 0 Å². The highest BCUT2D eigenvalue weighted by Crippen LogP contribution is 2.20. The minimum Gasteiger partial charge on any atom is -0.379 e. The summed E-state index contributed by atoms with van der Waals surface area (Å²) in [6.45, 7) is 11.8.